The van der Waals surface area contributed by atoms with Gasteiger partial charge in [0.15, 0.2) is 18.4 Å². The van der Waals surface area contributed by atoms with Crippen molar-refractivity contribution in [2.45, 2.75) is 59.6 Å². The Hall–Kier alpha value is -4.81. The molecule has 1 saturated heterocycles. The highest BCUT2D eigenvalue weighted by Gasteiger charge is 2.26. The predicted molar refractivity (Wildman–Crippen MR) is 182 cm³/mol. The van der Waals surface area contributed by atoms with Crippen LogP contribution in [0.1, 0.15) is 53.5 Å². The van der Waals surface area contributed by atoms with E-state index < -0.39 is 17.7 Å². The fourth-order valence-electron chi connectivity index (χ4n) is 6.29. The second-order valence-corrected chi connectivity index (χ2v) is 12.5. The zero-order valence-corrected chi connectivity index (χ0v) is 28.1. The van der Waals surface area contributed by atoms with Crippen molar-refractivity contribution in [1.29, 1.82) is 0 Å². The highest BCUT2D eigenvalue weighted by Crippen LogP contribution is 2.33. The molecule has 0 aliphatic carbocycles. The van der Waals surface area contributed by atoms with Gasteiger partial charge < -0.3 is 29.2 Å². The fourth-order valence-corrected chi connectivity index (χ4v) is 6.29. The van der Waals surface area contributed by atoms with Crippen molar-refractivity contribution in [1.82, 2.24) is 14.9 Å². The van der Waals surface area contributed by atoms with Crippen LogP contribution in [0.3, 0.4) is 0 Å². The van der Waals surface area contributed by atoms with Crippen LogP contribution in [0.25, 0.3) is 0 Å². The zero-order chi connectivity index (χ0) is 34.3. The Morgan fingerprint density at radius 2 is 1.82 bits per heavy atom. The van der Waals surface area contributed by atoms with E-state index >= 15 is 4.39 Å². The summed E-state index contributed by atoms with van der Waals surface area (Å²) in [4.78, 5) is 26.5. The number of nitrogens with zero attached hydrogens (tertiary/aromatic N) is 4. The quantitative estimate of drug-likeness (QED) is 0.160. The molecule has 1 fully saturated rings. The number of hydrogen-bond donors (Lipinski definition) is 1. The summed E-state index contributed by atoms with van der Waals surface area (Å²) in [7, 11) is 0. The molecule has 258 valence electrons. The monoisotopic (exact) mass is 673 g/mol. The van der Waals surface area contributed by atoms with E-state index in [1.807, 2.05) is 32.9 Å². The SMILES string of the molecule is Cc1cc(C)c(OC(=O)N(Cc2cc(F)cc3c2OCOC3)c2ccnc(Nc3ccc(OCCCN4CCCCC4)c(F)c3)n2)c(C)c1. The molecule has 1 aromatic heterocycles. The second-order valence-electron chi connectivity index (χ2n) is 12.5. The first-order chi connectivity index (χ1) is 23.7. The number of carbonyl (C=O) groups is 1. The van der Waals surface area contributed by atoms with E-state index in [1.54, 1.807) is 18.2 Å². The van der Waals surface area contributed by atoms with Gasteiger partial charge in [-0.05, 0) is 94.6 Å². The number of fused-ring (bicyclic) bond motifs is 1. The van der Waals surface area contributed by atoms with E-state index in [-0.39, 0.29) is 37.5 Å². The Labute approximate surface area is 285 Å². The van der Waals surface area contributed by atoms with Crippen LogP contribution in [0.2, 0.25) is 0 Å². The molecule has 1 amide bonds. The maximum atomic E-state index is 15.0. The van der Waals surface area contributed by atoms with Gasteiger partial charge in [-0.15, -0.1) is 0 Å². The number of anilines is 3. The molecule has 3 aromatic carbocycles. The summed E-state index contributed by atoms with van der Waals surface area (Å²) in [6.45, 7) is 9.32. The molecule has 3 heterocycles. The van der Waals surface area contributed by atoms with Crippen molar-refractivity contribution in [3.63, 3.8) is 0 Å². The molecule has 1 N–H and O–H groups in total. The Kier molecular flexibility index (Phi) is 10.8. The standard InChI is InChI=1S/C37H41F2N5O5/c1-24-16-25(2)34(26(3)17-24)49-37(45)44(21-27-18-29(38)19-28-22-46-23-48-35(27)28)33-10-11-40-36(42-33)41-30-8-9-32(31(39)20-30)47-15-7-14-43-12-5-4-6-13-43/h8-11,16-20H,4-7,12-15,21-23H2,1-3H3,(H,40,41,42). The van der Waals surface area contributed by atoms with Gasteiger partial charge in [-0.3, -0.25) is 4.90 Å². The summed E-state index contributed by atoms with van der Waals surface area (Å²) in [5.74, 6) is 0.284. The predicted octanol–water partition coefficient (Wildman–Crippen LogP) is 7.75. The van der Waals surface area contributed by atoms with Crippen LogP contribution in [0.5, 0.6) is 17.2 Å². The molecule has 0 atom stereocenters. The fraction of sp³-hybridized carbons (Fsp3) is 0.378. The smallest absolute Gasteiger partial charge is 0.421 e. The van der Waals surface area contributed by atoms with Gasteiger partial charge in [0.2, 0.25) is 5.95 Å². The minimum atomic E-state index is -0.738. The summed E-state index contributed by atoms with van der Waals surface area (Å²) in [5.41, 5.74) is 3.94. The van der Waals surface area contributed by atoms with Crippen LogP contribution < -0.4 is 24.4 Å². The van der Waals surface area contributed by atoms with E-state index in [9.17, 15) is 9.18 Å². The van der Waals surface area contributed by atoms with Crippen molar-refractivity contribution >= 4 is 23.5 Å². The van der Waals surface area contributed by atoms with Gasteiger partial charge >= 0.3 is 6.09 Å². The summed E-state index contributed by atoms with van der Waals surface area (Å²) < 4.78 is 52.4. The number of aromatic nitrogens is 2. The number of aryl methyl sites for hydroxylation is 3. The number of halogens is 2. The number of likely N-dealkylation sites (tertiary alicyclic amines) is 1. The van der Waals surface area contributed by atoms with Gasteiger partial charge in [0.05, 0.1) is 19.8 Å². The number of benzene rings is 3. The Bertz CT molecular complexity index is 1780. The lowest BCUT2D eigenvalue weighted by molar-refractivity contribution is -0.0172. The lowest BCUT2D eigenvalue weighted by Crippen LogP contribution is -2.34. The third-order valence-electron chi connectivity index (χ3n) is 8.52. The Morgan fingerprint density at radius 1 is 1.02 bits per heavy atom. The maximum absolute atomic E-state index is 15.0. The topological polar surface area (TPSA) is 98.3 Å². The van der Waals surface area contributed by atoms with Crippen LogP contribution in [0, 0.1) is 32.4 Å². The van der Waals surface area contributed by atoms with Crippen LogP contribution in [0.15, 0.2) is 54.7 Å². The minimum absolute atomic E-state index is 0.00158. The van der Waals surface area contributed by atoms with E-state index in [2.05, 4.69) is 20.2 Å². The van der Waals surface area contributed by atoms with E-state index in [0.29, 0.717) is 34.9 Å². The van der Waals surface area contributed by atoms with Gasteiger partial charge in [0.25, 0.3) is 0 Å². The van der Waals surface area contributed by atoms with Crippen molar-refractivity contribution in [2.24, 2.45) is 0 Å². The maximum Gasteiger partial charge on any atom is 0.421 e. The number of carbonyl (C=O) groups excluding carboxylic acids is 1. The first kappa shape index (κ1) is 34.1. The molecule has 0 bridgehead atoms. The number of rotatable bonds is 11. The van der Waals surface area contributed by atoms with Crippen molar-refractivity contribution in [2.75, 3.05) is 43.3 Å². The molecule has 4 aromatic rings. The molecular formula is C37H41F2N5O5. The Morgan fingerprint density at radius 3 is 2.59 bits per heavy atom. The molecule has 0 saturated carbocycles. The number of ether oxygens (including phenoxy) is 4. The van der Waals surface area contributed by atoms with E-state index in [1.165, 1.54) is 48.6 Å². The van der Waals surface area contributed by atoms with Crippen molar-refractivity contribution < 1.29 is 32.5 Å². The van der Waals surface area contributed by atoms with Crippen LogP contribution in [-0.4, -0.2) is 54.0 Å². The largest absolute Gasteiger partial charge is 0.490 e. The first-order valence-electron chi connectivity index (χ1n) is 16.6. The third-order valence-corrected chi connectivity index (χ3v) is 8.52. The lowest BCUT2D eigenvalue weighted by Gasteiger charge is -2.26. The normalized spacial score (nSPS) is 14.5. The summed E-state index contributed by atoms with van der Waals surface area (Å²) >= 11 is 0. The van der Waals surface area contributed by atoms with Crippen LogP contribution >= 0.6 is 0 Å². The van der Waals surface area contributed by atoms with Crippen molar-refractivity contribution in [3.05, 3.63) is 94.2 Å². The number of piperidine rings is 1. The molecule has 49 heavy (non-hydrogen) atoms. The van der Waals surface area contributed by atoms with Crippen LogP contribution in [0.4, 0.5) is 31.0 Å². The summed E-state index contributed by atoms with van der Waals surface area (Å²) in [6.07, 6.45) is 5.29. The zero-order valence-electron chi connectivity index (χ0n) is 28.1. The third kappa shape index (κ3) is 8.62. The highest BCUT2D eigenvalue weighted by molar-refractivity contribution is 5.88. The minimum Gasteiger partial charge on any atom is -0.490 e. The molecule has 2 aliphatic heterocycles. The van der Waals surface area contributed by atoms with Crippen LogP contribution in [-0.2, 0) is 17.9 Å². The van der Waals surface area contributed by atoms with Gasteiger partial charge in [-0.2, -0.15) is 4.98 Å². The number of nitrogens with one attached hydrogen (secondary N) is 1. The lowest BCUT2D eigenvalue weighted by atomic mass is 10.1. The molecular weight excluding hydrogens is 632 g/mol. The van der Waals surface area contributed by atoms with E-state index in [0.717, 1.165) is 42.7 Å². The summed E-state index contributed by atoms with van der Waals surface area (Å²) in [6, 6.07) is 12.6. The highest BCUT2D eigenvalue weighted by atomic mass is 19.1. The second kappa shape index (κ2) is 15.6. The number of hydrogen-bond acceptors (Lipinski definition) is 9. The molecule has 12 heteroatoms. The molecule has 6 rings (SSSR count). The average molecular weight is 674 g/mol. The van der Waals surface area contributed by atoms with Gasteiger partial charge in [0.1, 0.15) is 23.1 Å². The Balaban J connectivity index is 1.21. The molecule has 0 unspecified atom stereocenters. The van der Waals surface area contributed by atoms with Gasteiger partial charge in [0, 0.05) is 35.6 Å². The summed E-state index contributed by atoms with van der Waals surface area (Å²) in [5, 5.41) is 3.01. The van der Waals surface area contributed by atoms with E-state index in [4.69, 9.17) is 18.9 Å². The number of amides is 1. The van der Waals surface area contributed by atoms with Gasteiger partial charge in [-0.25, -0.2) is 18.6 Å². The first-order valence-corrected chi connectivity index (χ1v) is 16.6. The molecule has 0 spiro atoms. The molecule has 2 aliphatic rings. The van der Waals surface area contributed by atoms with Crippen molar-refractivity contribution in [3.8, 4) is 17.2 Å². The van der Waals surface area contributed by atoms with Gasteiger partial charge in [-0.1, -0.05) is 24.1 Å². The molecule has 10 nitrogen and oxygen atoms in total. The average Bonchev–Trinajstić information content (AvgIpc) is 3.08. The molecule has 0 radical (unpaired) electrons.